The lowest BCUT2D eigenvalue weighted by molar-refractivity contribution is -0.133. The number of likely N-dealkylation sites (tertiary alicyclic amines) is 1. The summed E-state index contributed by atoms with van der Waals surface area (Å²) in [4.78, 5) is 27.6. The molecule has 1 unspecified atom stereocenters. The van der Waals surface area contributed by atoms with E-state index >= 15 is 0 Å². The van der Waals surface area contributed by atoms with Gasteiger partial charge in [-0.2, -0.15) is 5.10 Å². The molecular formula is C20H32N4O3. The Balaban J connectivity index is 1.48. The van der Waals surface area contributed by atoms with Gasteiger partial charge in [-0.3, -0.25) is 9.36 Å². The van der Waals surface area contributed by atoms with E-state index in [0.717, 1.165) is 38.1 Å². The zero-order chi connectivity index (χ0) is 18.8. The van der Waals surface area contributed by atoms with Gasteiger partial charge in [0.15, 0.2) is 0 Å². The monoisotopic (exact) mass is 376 g/mol. The summed E-state index contributed by atoms with van der Waals surface area (Å²) in [6.07, 6.45) is 9.75. The van der Waals surface area contributed by atoms with Crippen LogP contribution in [-0.2, 0) is 16.1 Å². The minimum atomic E-state index is -0.0149. The molecule has 7 heteroatoms. The van der Waals surface area contributed by atoms with Crippen molar-refractivity contribution in [2.24, 2.45) is 5.92 Å². The fourth-order valence-corrected chi connectivity index (χ4v) is 4.72. The summed E-state index contributed by atoms with van der Waals surface area (Å²) in [6, 6.07) is 0.299. The lowest BCUT2D eigenvalue weighted by atomic mass is 9.95. The lowest BCUT2D eigenvalue weighted by Gasteiger charge is -2.33. The van der Waals surface area contributed by atoms with E-state index in [0.29, 0.717) is 44.0 Å². The molecule has 1 aromatic heterocycles. The first-order valence-corrected chi connectivity index (χ1v) is 10.6. The average molecular weight is 377 g/mol. The zero-order valence-corrected chi connectivity index (χ0v) is 16.4. The number of nitrogens with zero attached hydrogens (tertiary/aromatic N) is 4. The number of rotatable bonds is 7. The van der Waals surface area contributed by atoms with Gasteiger partial charge in [0.1, 0.15) is 5.82 Å². The van der Waals surface area contributed by atoms with Crippen molar-refractivity contribution in [3.05, 3.63) is 16.3 Å². The molecule has 1 aliphatic heterocycles. The summed E-state index contributed by atoms with van der Waals surface area (Å²) in [5.74, 6) is 1.93. The molecule has 0 spiro atoms. The first-order valence-electron chi connectivity index (χ1n) is 10.6. The molecule has 2 heterocycles. The molecule has 3 aliphatic rings. The summed E-state index contributed by atoms with van der Waals surface area (Å²) >= 11 is 0. The average Bonchev–Trinajstić information content (AvgIpc) is 3.28. The molecule has 0 aromatic carbocycles. The molecule has 4 rings (SSSR count). The Morgan fingerprint density at radius 1 is 1.15 bits per heavy atom. The minimum absolute atomic E-state index is 0.0149. The van der Waals surface area contributed by atoms with Gasteiger partial charge >= 0.3 is 5.69 Å². The SMILES string of the molecule is COCCn1nc(C2CCCN(C(=O)CC3CCCC3)C2)n(C2CC2)c1=O. The van der Waals surface area contributed by atoms with E-state index in [-0.39, 0.29) is 11.6 Å². The Bertz CT molecular complexity index is 715. The van der Waals surface area contributed by atoms with Crippen LogP contribution in [0.3, 0.4) is 0 Å². The van der Waals surface area contributed by atoms with Crippen LogP contribution in [0, 0.1) is 5.92 Å². The molecule has 27 heavy (non-hydrogen) atoms. The number of aromatic nitrogens is 3. The summed E-state index contributed by atoms with van der Waals surface area (Å²) in [6.45, 7) is 2.52. The number of amides is 1. The number of hydrogen-bond acceptors (Lipinski definition) is 4. The number of piperidine rings is 1. The van der Waals surface area contributed by atoms with E-state index in [1.165, 1.54) is 25.7 Å². The maximum absolute atomic E-state index is 12.8. The van der Waals surface area contributed by atoms with Gasteiger partial charge in [0.25, 0.3) is 0 Å². The topological polar surface area (TPSA) is 69.4 Å². The van der Waals surface area contributed by atoms with Crippen LogP contribution in [-0.4, -0.2) is 52.0 Å². The molecule has 7 nitrogen and oxygen atoms in total. The van der Waals surface area contributed by atoms with Gasteiger partial charge in [-0.05, 0) is 44.4 Å². The minimum Gasteiger partial charge on any atom is -0.383 e. The molecule has 0 N–H and O–H groups in total. The Morgan fingerprint density at radius 2 is 1.93 bits per heavy atom. The second-order valence-corrected chi connectivity index (χ2v) is 8.49. The Hall–Kier alpha value is -1.63. The first-order chi connectivity index (χ1) is 13.2. The second kappa shape index (κ2) is 8.17. The van der Waals surface area contributed by atoms with Crippen LogP contribution in [0.2, 0.25) is 0 Å². The van der Waals surface area contributed by atoms with Crippen molar-refractivity contribution in [3.63, 3.8) is 0 Å². The maximum Gasteiger partial charge on any atom is 0.346 e. The highest BCUT2D eigenvalue weighted by atomic mass is 16.5. The number of carbonyl (C=O) groups is 1. The van der Waals surface area contributed by atoms with Crippen molar-refractivity contribution in [1.82, 2.24) is 19.2 Å². The number of methoxy groups -OCH3 is 1. The molecule has 0 bridgehead atoms. The van der Waals surface area contributed by atoms with E-state index in [4.69, 9.17) is 4.74 Å². The van der Waals surface area contributed by atoms with Crippen LogP contribution in [0.25, 0.3) is 0 Å². The van der Waals surface area contributed by atoms with Gasteiger partial charge in [0.05, 0.1) is 13.2 Å². The lowest BCUT2D eigenvalue weighted by Crippen LogP contribution is -2.40. The van der Waals surface area contributed by atoms with Crippen LogP contribution in [0.1, 0.15) is 75.6 Å². The molecule has 3 fully saturated rings. The Morgan fingerprint density at radius 3 is 2.63 bits per heavy atom. The number of hydrogen-bond donors (Lipinski definition) is 0. The first kappa shape index (κ1) is 18.7. The Labute approximate surface area is 160 Å². The van der Waals surface area contributed by atoms with E-state index in [2.05, 4.69) is 5.10 Å². The second-order valence-electron chi connectivity index (χ2n) is 8.49. The van der Waals surface area contributed by atoms with Crippen molar-refractivity contribution < 1.29 is 9.53 Å². The highest BCUT2D eigenvalue weighted by molar-refractivity contribution is 5.76. The molecule has 1 saturated heterocycles. The molecule has 2 saturated carbocycles. The van der Waals surface area contributed by atoms with E-state index in [9.17, 15) is 9.59 Å². The summed E-state index contributed by atoms with van der Waals surface area (Å²) in [7, 11) is 1.64. The van der Waals surface area contributed by atoms with E-state index in [1.807, 2.05) is 9.47 Å². The van der Waals surface area contributed by atoms with Gasteiger partial charge in [-0.15, -0.1) is 0 Å². The fourth-order valence-electron chi connectivity index (χ4n) is 4.72. The Kier molecular flexibility index (Phi) is 5.66. The van der Waals surface area contributed by atoms with Crippen molar-refractivity contribution in [2.45, 2.75) is 76.3 Å². The van der Waals surface area contributed by atoms with Crippen LogP contribution >= 0.6 is 0 Å². The highest BCUT2D eigenvalue weighted by Crippen LogP contribution is 2.37. The van der Waals surface area contributed by atoms with Crippen molar-refractivity contribution >= 4 is 5.91 Å². The smallest absolute Gasteiger partial charge is 0.346 e. The third-order valence-corrected chi connectivity index (χ3v) is 6.39. The molecular weight excluding hydrogens is 344 g/mol. The van der Waals surface area contributed by atoms with Crippen molar-refractivity contribution in [1.29, 1.82) is 0 Å². The highest BCUT2D eigenvalue weighted by Gasteiger charge is 2.35. The number of carbonyl (C=O) groups excluding carboxylic acids is 1. The van der Waals surface area contributed by atoms with Gasteiger partial charge < -0.3 is 9.64 Å². The van der Waals surface area contributed by atoms with Crippen LogP contribution in [0.4, 0.5) is 0 Å². The summed E-state index contributed by atoms with van der Waals surface area (Å²) in [5.41, 5.74) is -0.0149. The molecule has 1 amide bonds. The molecule has 1 aromatic rings. The van der Waals surface area contributed by atoms with Gasteiger partial charge in [-0.25, -0.2) is 9.48 Å². The normalized spacial score (nSPS) is 23.9. The third-order valence-electron chi connectivity index (χ3n) is 6.39. The van der Waals surface area contributed by atoms with Crippen molar-refractivity contribution in [2.75, 3.05) is 26.8 Å². The van der Waals surface area contributed by atoms with Crippen LogP contribution in [0.15, 0.2) is 4.79 Å². The van der Waals surface area contributed by atoms with Crippen LogP contribution in [0.5, 0.6) is 0 Å². The zero-order valence-electron chi connectivity index (χ0n) is 16.4. The number of ether oxygens (including phenoxy) is 1. The van der Waals surface area contributed by atoms with Gasteiger partial charge in [0, 0.05) is 38.6 Å². The molecule has 1 atom stereocenters. The molecule has 150 valence electrons. The summed E-state index contributed by atoms with van der Waals surface area (Å²) in [5, 5.41) is 4.68. The molecule has 2 aliphatic carbocycles. The van der Waals surface area contributed by atoms with Crippen LogP contribution < -0.4 is 5.69 Å². The predicted molar refractivity (Wildman–Crippen MR) is 102 cm³/mol. The largest absolute Gasteiger partial charge is 0.383 e. The third kappa shape index (κ3) is 4.13. The fraction of sp³-hybridized carbons (Fsp3) is 0.850. The van der Waals surface area contributed by atoms with Gasteiger partial charge in [-0.1, -0.05) is 12.8 Å². The maximum atomic E-state index is 12.8. The predicted octanol–water partition coefficient (Wildman–Crippen LogP) is 2.31. The van der Waals surface area contributed by atoms with E-state index in [1.54, 1.807) is 11.8 Å². The summed E-state index contributed by atoms with van der Waals surface area (Å²) < 4.78 is 8.58. The molecule has 0 radical (unpaired) electrons. The van der Waals surface area contributed by atoms with Crippen molar-refractivity contribution in [3.8, 4) is 0 Å². The van der Waals surface area contributed by atoms with E-state index < -0.39 is 0 Å². The standard InChI is InChI=1S/C20H32N4O3/c1-27-12-11-23-20(26)24(17-8-9-17)19(21-23)16-7-4-10-22(14-16)18(25)13-15-5-2-3-6-15/h15-17H,2-14H2,1H3. The quantitative estimate of drug-likeness (QED) is 0.732. The van der Waals surface area contributed by atoms with Gasteiger partial charge in [0.2, 0.25) is 5.91 Å².